The SMILES string of the molecule is Nc1[nH]ncc1C(O)Cc1ccc(Cl)cc1F. The number of benzene rings is 1. The first-order valence-corrected chi connectivity index (χ1v) is 5.36. The van der Waals surface area contributed by atoms with Gasteiger partial charge in [-0.25, -0.2) is 4.39 Å². The van der Waals surface area contributed by atoms with Gasteiger partial charge in [-0.15, -0.1) is 0 Å². The predicted molar refractivity (Wildman–Crippen MR) is 63.1 cm³/mol. The molecule has 6 heteroatoms. The molecule has 1 aromatic carbocycles. The Morgan fingerprint density at radius 2 is 2.29 bits per heavy atom. The lowest BCUT2D eigenvalue weighted by Crippen LogP contribution is -2.05. The van der Waals surface area contributed by atoms with Crippen LogP contribution in [0.25, 0.3) is 0 Å². The molecule has 0 bridgehead atoms. The number of aliphatic hydroxyl groups excluding tert-OH is 1. The highest BCUT2D eigenvalue weighted by Crippen LogP contribution is 2.24. The molecule has 0 saturated carbocycles. The van der Waals surface area contributed by atoms with E-state index >= 15 is 0 Å². The number of hydrogen-bond acceptors (Lipinski definition) is 3. The number of nitrogens with zero attached hydrogens (tertiary/aromatic N) is 1. The average Bonchev–Trinajstić information content (AvgIpc) is 2.68. The smallest absolute Gasteiger partial charge is 0.127 e. The minimum Gasteiger partial charge on any atom is -0.388 e. The van der Waals surface area contributed by atoms with Crippen molar-refractivity contribution in [2.75, 3.05) is 5.73 Å². The summed E-state index contributed by atoms with van der Waals surface area (Å²) in [6.45, 7) is 0. The van der Waals surface area contributed by atoms with Crippen LogP contribution in [0.1, 0.15) is 17.2 Å². The van der Waals surface area contributed by atoms with Crippen LogP contribution in [-0.2, 0) is 6.42 Å². The van der Waals surface area contributed by atoms with E-state index in [2.05, 4.69) is 10.2 Å². The second-order valence-corrected chi connectivity index (χ2v) is 4.13. The first kappa shape index (κ1) is 11.9. The van der Waals surface area contributed by atoms with Crippen molar-refractivity contribution in [2.45, 2.75) is 12.5 Å². The molecule has 1 heterocycles. The highest BCUT2D eigenvalue weighted by Gasteiger charge is 2.15. The normalized spacial score (nSPS) is 12.6. The van der Waals surface area contributed by atoms with Crippen LogP contribution < -0.4 is 5.73 Å². The number of nitrogens with two attached hydrogens (primary N) is 1. The van der Waals surface area contributed by atoms with Gasteiger partial charge in [-0.2, -0.15) is 5.10 Å². The fourth-order valence-corrected chi connectivity index (χ4v) is 1.74. The summed E-state index contributed by atoms with van der Waals surface area (Å²) >= 11 is 5.64. The van der Waals surface area contributed by atoms with E-state index < -0.39 is 11.9 Å². The fraction of sp³-hybridized carbons (Fsp3) is 0.182. The molecule has 0 aliphatic rings. The Labute approximate surface area is 102 Å². The van der Waals surface area contributed by atoms with Crippen LogP contribution in [0.3, 0.4) is 0 Å². The van der Waals surface area contributed by atoms with Gasteiger partial charge in [-0.3, -0.25) is 5.10 Å². The van der Waals surface area contributed by atoms with Crippen LogP contribution in [0.5, 0.6) is 0 Å². The number of aliphatic hydroxyl groups is 1. The number of hydrogen-bond donors (Lipinski definition) is 3. The molecule has 1 unspecified atom stereocenters. The van der Waals surface area contributed by atoms with Gasteiger partial charge in [0.1, 0.15) is 11.6 Å². The number of rotatable bonds is 3. The highest BCUT2D eigenvalue weighted by atomic mass is 35.5. The van der Waals surface area contributed by atoms with Crippen molar-refractivity contribution in [2.24, 2.45) is 0 Å². The Kier molecular flexibility index (Phi) is 3.31. The van der Waals surface area contributed by atoms with Crippen LogP contribution in [0.15, 0.2) is 24.4 Å². The zero-order valence-electron chi connectivity index (χ0n) is 8.82. The standard InChI is InChI=1S/C11H11ClFN3O/c12-7-2-1-6(9(13)4-7)3-10(17)8-5-15-16-11(8)14/h1-2,4-5,10,17H,3H2,(H3,14,15,16). The largest absolute Gasteiger partial charge is 0.388 e. The van der Waals surface area contributed by atoms with Crippen LogP contribution in [-0.4, -0.2) is 15.3 Å². The monoisotopic (exact) mass is 255 g/mol. The summed E-state index contributed by atoms with van der Waals surface area (Å²) in [5.74, 6) is -0.162. The summed E-state index contributed by atoms with van der Waals surface area (Å²) in [5, 5.41) is 16.4. The molecule has 4 N–H and O–H groups in total. The maximum absolute atomic E-state index is 13.5. The van der Waals surface area contributed by atoms with E-state index in [4.69, 9.17) is 17.3 Å². The van der Waals surface area contributed by atoms with Gasteiger partial charge >= 0.3 is 0 Å². The summed E-state index contributed by atoms with van der Waals surface area (Å²) in [7, 11) is 0. The molecule has 0 fully saturated rings. The predicted octanol–water partition coefficient (Wildman–Crippen LogP) is 2.06. The van der Waals surface area contributed by atoms with Gasteiger partial charge in [-0.1, -0.05) is 17.7 Å². The van der Waals surface area contributed by atoms with Gasteiger partial charge in [0, 0.05) is 17.0 Å². The highest BCUT2D eigenvalue weighted by molar-refractivity contribution is 6.30. The molecule has 17 heavy (non-hydrogen) atoms. The maximum atomic E-state index is 13.5. The van der Waals surface area contributed by atoms with E-state index in [9.17, 15) is 9.50 Å². The third-order valence-electron chi connectivity index (χ3n) is 2.49. The maximum Gasteiger partial charge on any atom is 0.127 e. The van der Waals surface area contributed by atoms with Crippen LogP contribution in [0.2, 0.25) is 5.02 Å². The fourth-order valence-electron chi connectivity index (χ4n) is 1.58. The van der Waals surface area contributed by atoms with Crippen molar-refractivity contribution in [1.29, 1.82) is 0 Å². The van der Waals surface area contributed by atoms with Crippen molar-refractivity contribution in [3.8, 4) is 0 Å². The van der Waals surface area contributed by atoms with Gasteiger partial charge < -0.3 is 10.8 Å². The zero-order chi connectivity index (χ0) is 12.4. The number of anilines is 1. The Balaban J connectivity index is 2.19. The second kappa shape index (κ2) is 4.73. The third-order valence-corrected chi connectivity index (χ3v) is 2.72. The van der Waals surface area contributed by atoms with Crippen molar-refractivity contribution >= 4 is 17.4 Å². The first-order chi connectivity index (χ1) is 8.08. The minimum absolute atomic E-state index is 0.118. The van der Waals surface area contributed by atoms with E-state index in [1.807, 2.05) is 0 Å². The topological polar surface area (TPSA) is 74.9 Å². The van der Waals surface area contributed by atoms with E-state index in [1.54, 1.807) is 6.07 Å². The van der Waals surface area contributed by atoms with Gasteiger partial charge in [0.05, 0.1) is 12.3 Å². The van der Waals surface area contributed by atoms with Crippen molar-refractivity contribution in [1.82, 2.24) is 10.2 Å². The van der Waals surface area contributed by atoms with Crippen LogP contribution in [0, 0.1) is 5.82 Å². The Hall–Kier alpha value is -1.59. The Bertz CT molecular complexity index is 529. The number of H-pyrrole nitrogens is 1. The van der Waals surface area contributed by atoms with Gasteiger partial charge in [0.2, 0.25) is 0 Å². The molecule has 0 aliphatic heterocycles. The summed E-state index contributed by atoms with van der Waals surface area (Å²) in [6, 6.07) is 4.32. The lowest BCUT2D eigenvalue weighted by molar-refractivity contribution is 0.178. The van der Waals surface area contributed by atoms with Gasteiger partial charge in [-0.05, 0) is 17.7 Å². The molecule has 0 radical (unpaired) electrons. The number of nitrogen functional groups attached to an aromatic ring is 1. The average molecular weight is 256 g/mol. The molecular formula is C11H11ClFN3O. The molecule has 90 valence electrons. The molecule has 1 aromatic heterocycles. The lowest BCUT2D eigenvalue weighted by Gasteiger charge is -2.10. The lowest BCUT2D eigenvalue weighted by atomic mass is 10.0. The Morgan fingerprint density at radius 1 is 1.53 bits per heavy atom. The van der Waals surface area contributed by atoms with E-state index in [1.165, 1.54) is 18.3 Å². The number of halogens is 2. The van der Waals surface area contributed by atoms with Crippen LogP contribution >= 0.6 is 11.6 Å². The van der Waals surface area contributed by atoms with Crippen molar-refractivity contribution in [3.05, 3.63) is 46.4 Å². The molecule has 4 nitrogen and oxygen atoms in total. The van der Waals surface area contributed by atoms with Crippen LogP contribution in [0.4, 0.5) is 10.2 Å². The summed E-state index contributed by atoms with van der Waals surface area (Å²) in [4.78, 5) is 0. The molecule has 0 saturated heterocycles. The second-order valence-electron chi connectivity index (χ2n) is 3.69. The first-order valence-electron chi connectivity index (χ1n) is 4.98. The number of aromatic nitrogens is 2. The van der Waals surface area contributed by atoms with E-state index in [0.29, 0.717) is 16.1 Å². The minimum atomic E-state index is -0.899. The quantitative estimate of drug-likeness (QED) is 0.786. The molecule has 2 aromatic rings. The molecule has 2 rings (SSSR count). The van der Waals surface area contributed by atoms with Crippen molar-refractivity contribution < 1.29 is 9.50 Å². The summed E-state index contributed by atoms with van der Waals surface area (Å²) in [5.41, 5.74) is 6.40. The molecule has 1 atom stereocenters. The molecule has 0 aliphatic carbocycles. The van der Waals surface area contributed by atoms with E-state index in [0.717, 1.165) is 0 Å². The van der Waals surface area contributed by atoms with Gasteiger partial charge in [0.25, 0.3) is 0 Å². The molecule has 0 spiro atoms. The third kappa shape index (κ3) is 2.57. The van der Waals surface area contributed by atoms with Crippen molar-refractivity contribution in [3.63, 3.8) is 0 Å². The summed E-state index contributed by atoms with van der Waals surface area (Å²) in [6.07, 6.45) is 0.644. The molecular weight excluding hydrogens is 245 g/mol. The van der Waals surface area contributed by atoms with Gasteiger partial charge in [0.15, 0.2) is 0 Å². The Morgan fingerprint density at radius 3 is 2.88 bits per heavy atom. The zero-order valence-corrected chi connectivity index (χ0v) is 9.58. The molecule has 0 amide bonds. The summed E-state index contributed by atoms with van der Waals surface area (Å²) < 4.78 is 13.5. The van der Waals surface area contributed by atoms with E-state index in [-0.39, 0.29) is 12.2 Å². The number of aromatic amines is 1. The number of nitrogens with one attached hydrogen (secondary N) is 1.